The summed E-state index contributed by atoms with van der Waals surface area (Å²) in [7, 11) is 0.806. The number of halogens is 1. The molecule has 3 nitrogen and oxygen atoms in total. The SMILES string of the molecule is CNCCCN1c2ccccc2S(=O)c2ccc(Cl)cc21. The van der Waals surface area contributed by atoms with Gasteiger partial charge < -0.3 is 10.2 Å². The van der Waals surface area contributed by atoms with E-state index in [0.717, 1.165) is 40.7 Å². The van der Waals surface area contributed by atoms with Crippen molar-refractivity contribution in [3.8, 4) is 0 Å². The standard InChI is InChI=1S/C16H17ClN2OS/c1-18-9-4-10-19-13-5-2-3-6-15(13)21(20)16-8-7-12(17)11-14(16)19/h2-3,5-8,11,18H,4,9-10H2,1H3. The smallest absolute Gasteiger partial charge is 0.0892 e. The molecule has 0 saturated heterocycles. The third-order valence-corrected chi connectivity index (χ3v) is 5.30. The molecule has 1 atom stereocenters. The summed E-state index contributed by atoms with van der Waals surface area (Å²) in [6.45, 7) is 1.81. The number of hydrogen-bond donors (Lipinski definition) is 1. The molecule has 0 amide bonds. The van der Waals surface area contributed by atoms with Gasteiger partial charge >= 0.3 is 0 Å². The maximum atomic E-state index is 12.7. The number of anilines is 2. The Morgan fingerprint density at radius 1 is 1.14 bits per heavy atom. The molecule has 1 N–H and O–H groups in total. The highest BCUT2D eigenvalue weighted by Crippen LogP contribution is 2.42. The van der Waals surface area contributed by atoms with Gasteiger partial charge in [0.2, 0.25) is 0 Å². The summed E-state index contributed by atoms with van der Waals surface area (Å²) in [5.41, 5.74) is 1.97. The van der Waals surface area contributed by atoms with Gasteiger partial charge in [-0.15, -0.1) is 0 Å². The molecule has 110 valence electrons. The van der Waals surface area contributed by atoms with Crippen molar-refractivity contribution >= 4 is 33.8 Å². The Morgan fingerprint density at radius 3 is 2.71 bits per heavy atom. The van der Waals surface area contributed by atoms with Crippen LogP contribution in [0.3, 0.4) is 0 Å². The highest BCUT2D eigenvalue weighted by Gasteiger charge is 2.27. The summed E-state index contributed by atoms with van der Waals surface area (Å²) in [6, 6.07) is 13.5. The van der Waals surface area contributed by atoms with Crippen molar-refractivity contribution in [2.75, 3.05) is 25.0 Å². The molecule has 1 aliphatic heterocycles. The van der Waals surface area contributed by atoms with E-state index in [9.17, 15) is 4.21 Å². The molecule has 2 aromatic carbocycles. The fourth-order valence-electron chi connectivity index (χ4n) is 2.60. The van der Waals surface area contributed by atoms with Gasteiger partial charge in [0.1, 0.15) is 0 Å². The number of fused-ring (bicyclic) bond motifs is 2. The van der Waals surface area contributed by atoms with Gasteiger partial charge in [0.05, 0.1) is 32.0 Å². The minimum atomic E-state index is -1.14. The van der Waals surface area contributed by atoms with Gasteiger partial charge in [-0.2, -0.15) is 0 Å². The number of para-hydroxylation sites is 1. The molecular formula is C16H17ClN2OS. The number of rotatable bonds is 4. The van der Waals surface area contributed by atoms with Crippen molar-refractivity contribution in [2.24, 2.45) is 0 Å². The van der Waals surface area contributed by atoms with Crippen molar-refractivity contribution in [2.45, 2.75) is 16.2 Å². The van der Waals surface area contributed by atoms with E-state index in [4.69, 9.17) is 11.6 Å². The third-order valence-electron chi connectivity index (χ3n) is 3.58. The Hall–Kier alpha value is -1.36. The molecule has 0 fully saturated rings. The summed E-state index contributed by atoms with van der Waals surface area (Å²) in [5, 5.41) is 3.83. The summed E-state index contributed by atoms with van der Waals surface area (Å²) in [4.78, 5) is 3.93. The number of benzene rings is 2. The minimum absolute atomic E-state index is 0.670. The lowest BCUT2D eigenvalue weighted by Gasteiger charge is -2.32. The number of nitrogens with zero attached hydrogens (tertiary/aromatic N) is 1. The van der Waals surface area contributed by atoms with Gasteiger partial charge in [-0.25, -0.2) is 4.21 Å². The average molecular weight is 321 g/mol. The van der Waals surface area contributed by atoms with Gasteiger partial charge in [0, 0.05) is 11.6 Å². The molecule has 0 saturated carbocycles. The van der Waals surface area contributed by atoms with Crippen LogP contribution < -0.4 is 10.2 Å². The average Bonchev–Trinajstić information content (AvgIpc) is 2.50. The van der Waals surface area contributed by atoms with Crippen molar-refractivity contribution in [1.29, 1.82) is 0 Å². The van der Waals surface area contributed by atoms with Gasteiger partial charge in [-0.3, -0.25) is 0 Å². The van der Waals surface area contributed by atoms with Gasteiger partial charge in [0.25, 0.3) is 0 Å². The molecule has 0 aromatic heterocycles. The molecule has 5 heteroatoms. The fourth-order valence-corrected chi connectivity index (χ4v) is 4.12. The predicted molar refractivity (Wildman–Crippen MR) is 88.1 cm³/mol. The Bertz CT molecular complexity index is 690. The van der Waals surface area contributed by atoms with E-state index in [1.54, 1.807) is 6.07 Å². The first kappa shape index (κ1) is 14.6. The fraction of sp³-hybridized carbons (Fsp3) is 0.250. The van der Waals surface area contributed by atoms with Crippen LogP contribution in [-0.2, 0) is 10.8 Å². The Labute approximate surface area is 132 Å². The zero-order chi connectivity index (χ0) is 14.8. The van der Waals surface area contributed by atoms with E-state index in [1.807, 2.05) is 43.4 Å². The van der Waals surface area contributed by atoms with E-state index in [1.165, 1.54) is 0 Å². The first-order valence-corrected chi connectivity index (χ1v) is 8.47. The second-order valence-electron chi connectivity index (χ2n) is 4.96. The number of nitrogens with one attached hydrogen (secondary N) is 1. The topological polar surface area (TPSA) is 32.3 Å². The predicted octanol–water partition coefficient (Wildman–Crippen LogP) is 3.57. The highest BCUT2D eigenvalue weighted by atomic mass is 35.5. The molecule has 2 aromatic rings. The summed E-state index contributed by atoms with van der Waals surface area (Å²) >= 11 is 6.14. The van der Waals surface area contributed by atoms with Crippen LogP contribution in [0.4, 0.5) is 11.4 Å². The largest absolute Gasteiger partial charge is 0.339 e. The zero-order valence-electron chi connectivity index (χ0n) is 11.8. The number of hydrogen-bond acceptors (Lipinski definition) is 3. The molecule has 1 aliphatic rings. The second kappa shape index (κ2) is 6.18. The van der Waals surface area contributed by atoms with Crippen LogP contribution in [0.1, 0.15) is 6.42 Å². The van der Waals surface area contributed by atoms with Crippen LogP contribution in [0.2, 0.25) is 5.02 Å². The molecule has 1 unspecified atom stereocenters. The monoisotopic (exact) mass is 320 g/mol. The Morgan fingerprint density at radius 2 is 1.90 bits per heavy atom. The summed E-state index contributed by atoms with van der Waals surface area (Å²) < 4.78 is 12.7. The van der Waals surface area contributed by atoms with Crippen LogP contribution >= 0.6 is 11.6 Å². The summed E-state index contributed by atoms with van der Waals surface area (Å²) in [5.74, 6) is 0. The van der Waals surface area contributed by atoms with Crippen LogP contribution in [-0.4, -0.2) is 24.3 Å². The molecule has 3 rings (SSSR count). The van der Waals surface area contributed by atoms with Crippen LogP contribution in [0.25, 0.3) is 0 Å². The lowest BCUT2D eigenvalue weighted by atomic mass is 10.2. The van der Waals surface area contributed by atoms with E-state index in [2.05, 4.69) is 10.2 Å². The van der Waals surface area contributed by atoms with Gasteiger partial charge in [-0.05, 0) is 50.3 Å². The quantitative estimate of drug-likeness (QED) is 0.874. The molecule has 0 bridgehead atoms. The van der Waals surface area contributed by atoms with Gasteiger partial charge in [0.15, 0.2) is 0 Å². The molecule has 0 spiro atoms. The van der Waals surface area contributed by atoms with Crippen LogP contribution in [0.5, 0.6) is 0 Å². The third kappa shape index (κ3) is 2.71. The Balaban J connectivity index is 2.08. The van der Waals surface area contributed by atoms with Crippen LogP contribution in [0.15, 0.2) is 52.3 Å². The summed E-state index contributed by atoms with van der Waals surface area (Å²) in [6.07, 6.45) is 1.00. The van der Waals surface area contributed by atoms with E-state index in [-0.39, 0.29) is 0 Å². The highest BCUT2D eigenvalue weighted by molar-refractivity contribution is 7.85. The second-order valence-corrected chi connectivity index (χ2v) is 6.81. The minimum Gasteiger partial charge on any atom is -0.339 e. The molecule has 21 heavy (non-hydrogen) atoms. The van der Waals surface area contributed by atoms with E-state index in [0.29, 0.717) is 5.02 Å². The zero-order valence-corrected chi connectivity index (χ0v) is 13.4. The van der Waals surface area contributed by atoms with Crippen molar-refractivity contribution in [3.05, 3.63) is 47.5 Å². The van der Waals surface area contributed by atoms with E-state index < -0.39 is 10.8 Å². The maximum Gasteiger partial charge on any atom is 0.0892 e. The molecule has 0 radical (unpaired) electrons. The first-order chi connectivity index (χ1) is 10.2. The van der Waals surface area contributed by atoms with E-state index >= 15 is 0 Å². The molecule has 0 aliphatic carbocycles. The van der Waals surface area contributed by atoms with Crippen LogP contribution in [0, 0.1) is 0 Å². The Kier molecular flexibility index (Phi) is 4.29. The van der Waals surface area contributed by atoms with Crippen molar-refractivity contribution in [1.82, 2.24) is 5.32 Å². The van der Waals surface area contributed by atoms with Crippen molar-refractivity contribution < 1.29 is 4.21 Å². The molecule has 1 heterocycles. The maximum absolute atomic E-state index is 12.7. The lowest BCUT2D eigenvalue weighted by molar-refractivity contribution is 0.678. The van der Waals surface area contributed by atoms with Crippen molar-refractivity contribution in [3.63, 3.8) is 0 Å². The normalized spacial score (nSPS) is 16.5. The lowest BCUT2D eigenvalue weighted by Crippen LogP contribution is -2.27. The van der Waals surface area contributed by atoms with Gasteiger partial charge in [-0.1, -0.05) is 23.7 Å². The molecular weight excluding hydrogens is 304 g/mol. The first-order valence-electron chi connectivity index (χ1n) is 6.95.